The van der Waals surface area contributed by atoms with Gasteiger partial charge in [0.05, 0.1) is 12.1 Å². The fourth-order valence-electron chi connectivity index (χ4n) is 3.86. The van der Waals surface area contributed by atoms with Crippen LogP contribution in [-0.4, -0.2) is 33.2 Å². The summed E-state index contributed by atoms with van der Waals surface area (Å²) in [5, 5.41) is 4.69. The molecule has 0 radical (unpaired) electrons. The average molecular weight is 473 g/mol. The summed E-state index contributed by atoms with van der Waals surface area (Å²) < 4.78 is 11.4. The molecule has 1 aliphatic heterocycles. The second-order valence-corrected chi connectivity index (χ2v) is 8.61. The number of fused-ring (bicyclic) bond motifs is 2. The van der Waals surface area contributed by atoms with E-state index >= 15 is 0 Å². The van der Waals surface area contributed by atoms with E-state index < -0.39 is 0 Å². The number of nitrogens with one attached hydrogen (secondary N) is 2. The van der Waals surface area contributed by atoms with Crippen LogP contribution >= 0.6 is 12.2 Å². The molecule has 0 aliphatic carbocycles. The minimum Gasteiger partial charge on any atom is -0.486 e. The molecule has 8 heteroatoms. The highest BCUT2D eigenvalue weighted by atomic mass is 32.1. The lowest BCUT2D eigenvalue weighted by atomic mass is 10.1. The summed E-state index contributed by atoms with van der Waals surface area (Å²) in [6.07, 6.45) is 3.53. The number of nitrogens with zero attached hydrogens (tertiary/aromatic N) is 2. The first-order chi connectivity index (χ1) is 16.5. The number of aryl methyl sites for hydroxylation is 1. The van der Waals surface area contributed by atoms with Crippen molar-refractivity contribution in [3.63, 3.8) is 0 Å². The number of pyridine rings is 2. The Morgan fingerprint density at radius 2 is 1.85 bits per heavy atom. The van der Waals surface area contributed by atoms with Crippen molar-refractivity contribution in [2.75, 3.05) is 18.5 Å². The normalized spacial score (nSPS) is 12.4. The molecule has 0 bridgehead atoms. The Morgan fingerprint density at radius 3 is 2.59 bits per heavy atom. The van der Waals surface area contributed by atoms with Gasteiger partial charge in [-0.25, -0.2) is 0 Å². The summed E-state index contributed by atoms with van der Waals surface area (Å²) >= 11 is 5.75. The molecule has 1 aliphatic rings. The van der Waals surface area contributed by atoms with Crippen LogP contribution in [0.1, 0.15) is 16.7 Å². The monoisotopic (exact) mass is 472 g/mol. The van der Waals surface area contributed by atoms with E-state index in [0.29, 0.717) is 54.0 Å². The van der Waals surface area contributed by atoms with Crippen LogP contribution in [0.25, 0.3) is 10.9 Å². The van der Waals surface area contributed by atoms with Crippen LogP contribution in [0.3, 0.4) is 0 Å². The van der Waals surface area contributed by atoms with Crippen molar-refractivity contribution in [1.29, 1.82) is 0 Å². The van der Waals surface area contributed by atoms with E-state index in [4.69, 9.17) is 21.7 Å². The maximum atomic E-state index is 13.0. The molecule has 2 aromatic carbocycles. The third-order valence-corrected chi connectivity index (χ3v) is 5.99. The molecule has 3 heterocycles. The van der Waals surface area contributed by atoms with E-state index in [9.17, 15) is 4.79 Å². The highest BCUT2D eigenvalue weighted by Gasteiger charge is 2.17. The molecule has 4 aromatic rings. The zero-order valence-corrected chi connectivity index (χ0v) is 19.5. The van der Waals surface area contributed by atoms with Gasteiger partial charge in [-0.1, -0.05) is 23.8 Å². The number of H-pyrrole nitrogens is 1. The molecular weight excluding hydrogens is 448 g/mol. The van der Waals surface area contributed by atoms with E-state index in [1.165, 1.54) is 5.56 Å². The molecule has 0 amide bonds. The summed E-state index contributed by atoms with van der Waals surface area (Å²) in [5.41, 5.74) is 4.19. The molecular formula is C26H24N4O3S. The highest BCUT2D eigenvalue weighted by Crippen LogP contribution is 2.33. The molecule has 172 valence electrons. The first kappa shape index (κ1) is 21.9. The van der Waals surface area contributed by atoms with Crippen molar-refractivity contribution < 1.29 is 9.47 Å². The predicted octanol–water partition coefficient (Wildman–Crippen LogP) is 4.40. The van der Waals surface area contributed by atoms with Crippen molar-refractivity contribution in [1.82, 2.24) is 14.9 Å². The number of aromatic nitrogens is 2. The third-order valence-electron chi connectivity index (χ3n) is 5.63. The van der Waals surface area contributed by atoms with E-state index in [1.807, 2.05) is 66.4 Å². The molecule has 0 spiro atoms. The summed E-state index contributed by atoms with van der Waals surface area (Å²) in [4.78, 5) is 22.1. The maximum absolute atomic E-state index is 13.0. The van der Waals surface area contributed by atoms with Gasteiger partial charge in [0.15, 0.2) is 16.6 Å². The van der Waals surface area contributed by atoms with Gasteiger partial charge in [-0.15, -0.1) is 0 Å². The number of thiocarbonyl (C=S) groups is 1. The number of ether oxygens (including phenoxy) is 2. The van der Waals surface area contributed by atoms with E-state index in [2.05, 4.69) is 15.3 Å². The second-order valence-electron chi connectivity index (χ2n) is 8.22. The number of benzene rings is 2. The van der Waals surface area contributed by atoms with Crippen molar-refractivity contribution in [2.24, 2.45) is 0 Å². The van der Waals surface area contributed by atoms with Crippen LogP contribution in [-0.2, 0) is 13.1 Å². The van der Waals surface area contributed by atoms with Gasteiger partial charge < -0.3 is 24.7 Å². The van der Waals surface area contributed by atoms with Crippen molar-refractivity contribution >= 4 is 33.9 Å². The molecule has 0 saturated carbocycles. The zero-order valence-electron chi connectivity index (χ0n) is 18.7. The van der Waals surface area contributed by atoms with Gasteiger partial charge in [0, 0.05) is 41.6 Å². The number of aromatic amines is 1. The molecule has 0 fully saturated rings. The molecule has 5 rings (SSSR count). The van der Waals surface area contributed by atoms with Gasteiger partial charge in [-0.05, 0) is 55.0 Å². The summed E-state index contributed by atoms with van der Waals surface area (Å²) in [5.74, 6) is 1.32. The number of rotatable bonds is 5. The van der Waals surface area contributed by atoms with Crippen LogP contribution in [0.4, 0.5) is 5.69 Å². The quantitative estimate of drug-likeness (QED) is 0.417. The third kappa shape index (κ3) is 4.87. The number of hydrogen-bond acceptors (Lipinski definition) is 5. The fourth-order valence-corrected chi connectivity index (χ4v) is 4.11. The van der Waals surface area contributed by atoms with Crippen molar-refractivity contribution in [3.8, 4) is 11.5 Å². The van der Waals surface area contributed by atoms with Crippen LogP contribution in [0, 0.1) is 6.92 Å². The Bertz CT molecular complexity index is 1390. The van der Waals surface area contributed by atoms with Gasteiger partial charge in [0.1, 0.15) is 13.2 Å². The standard InChI is InChI=1S/C26H24N4O3S/c1-17-4-6-21(7-5-17)28-26(34)30(15-18-3-2-8-27-14-18)16-20-11-19-12-23-24(33-10-9-32-23)13-22(19)29-25(20)31/h2-8,11-14H,9-10,15-16H2,1H3,(H,28,34)(H,29,31). The first-order valence-electron chi connectivity index (χ1n) is 11.0. The molecule has 0 saturated heterocycles. The van der Waals surface area contributed by atoms with Gasteiger partial charge in [-0.3, -0.25) is 9.78 Å². The Balaban J connectivity index is 1.45. The average Bonchev–Trinajstić information content (AvgIpc) is 2.85. The van der Waals surface area contributed by atoms with Crippen LogP contribution in [0.5, 0.6) is 11.5 Å². The highest BCUT2D eigenvalue weighted by molar-refractivity contribution is 7.80. The fraction of sp³-hybridized carbons (Fsp3) is 0.192. The number of hydrogen-bond donors (Lipinski definition) is 2. The second kappa shape index (κ2) is 9.52. The van der Waals surface area contributed by atoms with Gasteiger partial charge in [0.25, 0.3) is 5.56 Å². The van der Waals surface area contributed by atoms with Crippen molar-refractivity contribution in [3.05, 3.63) is 94.0 Å². The Kier molecular flexibility index (Phi) is 6.14. The molecule has 0 atom stereocenters. The van der Waals surface area contributed by atoms with Gasteiger partial charge in [0.2, 0.25) is 0 Å². The molecule has 2 N–H and O–H groups in total. The van der Waals surface area contributed by atoms with Crippen molar-refractivity contribution in [2.45, 2.75) is 20.0 Å². The minimum absolute atomic E-state index is 0.168. The van der Waals surface area contributed by atoms with E-state index in [0.717, 1.165) is 16.6 Å². The number of anilines is 1. The SMILES string of the molecule is Cc1ccc(NC(=S)N(Cc2cccnc2)Cc2cc3cc4c(cc3[nH]c2=O)OCCO4)cc1. The predicted molar refractivity (Wildman–Crippen MR) is 136 cm³/mol. The molecule has 2 aromatic heterocycles. The first-order valence-corrected chi connectivity index (χ1v) is 11.4. The van der Waals surface area contributed by atoms with Gasteiger partial charge in [-0.2, -0.15) is 0 Å². The smallest absolute Gasteiger partial charge is 0.253 e. The van der Waals surface area contributed by atoms with Crippen LogP contribution < -0.4 is 20.3 Å². The molecule has 7 nitrogen and oxygen atoms in total. The molecule has 0 unspecified atom stereocenters. The summed E-state index contributed by atoms with van der Waals surface area (Å²) in [7, 11) is 0. The Morgan fingerprint density at radius 1 is 1.09 bits per heavy atom. The lowest BCUT2D eigenvalue weighted by Gasteiger charge is -2.26. The van der Waals surface area contributed by atoms with E-state index in [-0.39, 0.29) is 5.56 Å². The van der Waals surface area contributed by atoms with E-state index in [1.54, 1.807) is 12.4 Å². The lowest BCUT2D eigenvalue weighted by molar-refractivity contribution is 0.172. The Labute approximate surface area is 202 Å². The maximum Gasteiger partial charge on any atom is 0.253 e. The lowest BCUT2D eigenvalue weighted by Crippen LogP contribution is -2.35. The largest absolute Gasteiger partial charge is 0.486 e. The summed E-state index contributed by atoms with van der Waals surface area (Å²) in [6, 6.07) is 17.5. The zero-order chi connectivity index (χ0) is 23.5. The van der Waals surface area contributed by atoms with Gasteiger partial charge >= 0.3 is 0 Å². The van der Waals surface area contributed by atoms with Crippen LogP contribution in [0.15, 0.2) is 71.8 Å². The summed E-state index contributed by atoms with van der Waals surface area (Å²) in [6.45, 7) is 3.87. The van der Waals surface area contributed by atoms with Crippen LogP contribution in [0.2, 0.25) is 0 Å². The minimum atomic E-state index is -0.168. The Hall–Kier alpha value is -3.91. The topological polar surface area (TPSA) is 79.5 Å². The molecule has 34 heavy (non-hydrogen) atoms.